The molecule has 4 nitrogen and oxygen atoms in total. The summed E-state index contributed by atoms with van der Waals surface area (Å²) in [6, 6.07) is 63.1. The van der Waals surface area contributed by atoms with Crippen molar-refractivity contribution in [2.24, 2.45) is 5.92 Å². The van der Waals surface area contributed by atoms with Crippen molar-refractivity contribution in [1.82, 2.24) is 19.1 Å². The third kappa shape index (κ3) is 5.44. The van der Waals surface area contributed by atoms with Crippen molar-refractivity contribution in [3.63, 3.8) is 0 Å². The highest BCUT2D eigenvalue weighted by Gasteiger charge is 2.29. The Balaban J connectivity index is 1.09. The van der Waals surface area contributed by atoms with Crippen LogP contribution < -0.4 is 0 Å². The largest absolute Gasteiger partial charge is 0.332 e. The highest BCUT2D eigenvalue weighted by molar-refractivity contribution is 6.14. The molecule has 0 N–H and O–H groups in total. The summed E-state index contributed by atoms with van der Waals surface area (Å²) < 4.78 is 4.87. The van der Waals surface area contributed by atoms with Gasteiger partial charge in [-0.3, -0.25) is 4.57 Å². The van der Waals surface area contributed by atoms with Crippen LogP contribution in [0.4, 0.5) is 0 Å². The molecule has 0 fully saturated rings. The van der Waals surface area contributed by atoms with E-state index in [1.807, 2.05) is 12.3 Å². The van der Waals surface area contributed by atoms with Gasteiger partial charge in [0.2, 0.25) is 0 Å². The summed E-state index contributed by atoms with van der Waals surface area (Å²) in [5.74, 6) is 0.126. The molecule has 4 heteroatoms. The van der Waals surface area contributed by atoms with Crippen molar-refractivity contribution >= 4 is 49.3 Å². The fourth-order valence-electron chi connectivity index (χ4n) is 9.08. The van der Waals surface area contributed by atoms with Gasteiger partial charge < -0.3 is 4.57 Å². The Hall–Kier alpha value is -7.30. The van der Waals surface area contributed by atoms with Crippen LogP contribution in [0.2, 0.25) is 0 Å². The fraction of sp³-hybridized carbons (Fsp3) is 0.0566. The first-order valence-corrected chi connectivity index (χ1v) is 19.7. The van der Waals surface area contributed by atoms with Gasteiger partial charge >= 0.3 is 0 Å². The molecule has 2 atom stereocenters. The topological polar surface area (TPSA) is 35.6 Å². The highest BCUT2D eigenvalue weighted by atomic mass is 15.0. The van der Waals surface area contributed by atoms with E-state index in [0.29, 0.717) is 0 Å². The maximum absolute atomic E-state index is 5.37. The number of aromatic nitrogens is 4. The molecule has 0 bridgehead atoms. The Bertz CT molecular complexity index is 3130. The third-order valence-electron chi connectivity index (χ3n) is 11.8. The molecule has 10 aromatic rings. The lowest BCUT2D eigenvalue weighted by Crippen LogP contribution is -2.19. The number of fused-ring (bicyclic) bond motifs is 6. The van der Waals surface area contributed by atoms with Crippen LogP contribution in [-0.2, 0) is 0 Å². The van der Waals surface area contributed by atoms with Crippen molar-refractivity contribution < 1.29 is 0 Å². The average molecular weight is 731 g/mol. The summed E-state index contributed by atoms with van der Waals surface area (Å²) >= 11 is 0. The van der Waals surface area contributed by atoms with Gasteiger partial charge in [0.25, 0.3) is 0 Å². The lowest BCUT2D eigenvalue weighted by atomic mass is 9.85. The van der Waals surface area contributed by atoms with Gasteiger partial charge in [0.1, 0.15) is 5.65 Å². The van der Waals surface area contributed by atoms with Crippen LogP contribution in [0.15, 0.2) is 200 Å². The number of allylic oxidation sites excluding steroid dienone is 4. The smallest absolute Gasteiger partial charge is 0.145 e. The number of rotatable bonds is 6. The summed E-state index contributed by atoms with van der Waals surface area (Å²) in [4.78, 5) is 10.2. The van der Waals surface area contributed by atoms with Crippen LogP contribution in [0.1, 0.15) is 18.7 Å². The van der Waals surface area contributed by atoms with Crippen LogP contribution in [0.3, 0.4) is 0 Å². The van der Waals surface area contributed by atoms with E-state index in [1.165, 1.54) is 49.5 Å². The van der Waals surface area contributed by atoms with Gasteiger partial charge in [-0.05, 0) is 76.9 Å². The Morgan fingerprint density at radius 1 is 0.509 bits per heavy atom. The predicted molar refractivity (Wildman–Crippen MR) is 237 cm³/mol. The molecular formula is C53H38N4. The number of hydrogen-bond donors (Lipinski definition) is 0. The maximum Gasteiger partial charge on any atom is 0.145 e. The minimum atomic E-state index is 0.0452. The zero-order valence-electron chi connectivity index (χ0n) is 31.5. The van der Waals surface area contributed by atoms with Gasteiger partial charge in [-0.25, -0.2) is 9.97 Å². The molecule has 0 saturated carbocycles. The Morgan fingerprint density at radius 3 is 2.04 bits per heavy atom. The number of para-hydroxylation sites is 3. The van der Waals surface area contributed by atoms with Crippen molar-refractivity contribution in [3.8, 4) is 39.2 Å². The van der Waals surface area contributed by atoms with Crippen molar-refractivity contribution in [2.75, 3.05) is 0 Å². The van der Waals surface area contributed by atoms with Crippen LogP contribution in [0.25, 0.3) is 88.5 Å². The third-order valence-corrected chi connectivity index (χ3v) is 11.8. The molecule has 0 amide bonds. The minimum absolute atomic E-state index is 0.0452. The van der Waals surface area contributed by atoms with Gasteiger partial charge in [0.15, 0.2) is 0 Å². The number of benzene rings is 6. The van der Waals surface area contributed by atoms with Gasteiger partial charge in [0, 0.05) is 56.0 Å². The molecule has 0 radical (unpaired) electrons. The molecule has 270 valence electrons. The van der Waals surface area contributed by atoms with Gasteiger partial charge in [-0.2, -0.15) is 0 Å². The molecule has 4 aromatic heterocycles. The molecule has 2 unspecified atom stereocenters. The normalized spacial score (nSPS) is 15.5. The summed E-state index contributed by atoms with van der Waals surface area (Å²) in [6.45, 7) is 2.36. The van der Waals surface area contributed by atoms with E-state index in [0.717, 1.165) is 44.8 Å². The van der Waals surface area contributed by atoms with E-state index in [2.05, 4.69) is 204 Å². The van der Waals surface area contributed by atoms with Crippen LogP contribution in [0, 0.1) is 5.92 Å². The second kappa shape index (κ2) is 13.5. The maximum atomic E-state index is 5.37. The number of pyridine rings is 2. The quantitative estimate of drug-likeness (QED) is 0.171. The zero-order valence-corrected chi connectivity index (χ0v) is 31.5. The molecule has 0 spiro atoms. The lowest BCUT2D eigenvalue weighted by Gasteiger charge is -2.30. The van der Waals surface area contributed by atoms with Crippen molar-refractivity contribution in [2.45, 2.75) is 13.0 Å². The molecule has 57 heavy (non-hydrogen) atoms. The molecule has 4 heterocycles. The van der Waals surface area contributed by atoms with Crippen LogP contribution in [0.5, 0.6) is 0 Å². The monoisotopic (exact) mass is 730 g/mol. The highest BCUT2D eigenvalue weighted by Crippen LogP contribution is 2.45. The molecule has 6 aromatic carbocycles. The Morgan fingerprint density at radius 2 is 1.21 bits per heavy atom. The Kier molecular flexibility index (Phi) is 7.82. The van der Waals surface area contributed by atoms with Crippen molar-refractivity contribution in [3.05, 3.63) is 206 Å². The van der Waals surface area contributed by atoms with Gasteiger partial charge in [0.05, 0.1) is 28.5 Å². The van der Waals surface area contributed by atoms with E-state index in [4.69, 9.17) is 9.97 Å². The van der Waals surface area contributed by atoms with Crippen LogP contribution in [-0.4, -0.2) is 19.1 Å². The molecule has 1 aliphatic rings. The van der Waals surface area contributed by atoms with E-state index < -0.39 is 0 Å². The summed E-state index contributed by atoms with van der Waals surface area (Å²) in [5.41, 5.74) is 14.7. The predicted octanol–water partition coefficient (Wildman–Crippen LogP) is 13.5. The average Bonchev–Trinajstić information content (AvgIpc) is 3.80. The first-order chi connectivity index (χ1) is 28.2. The molecule has 0 aliphatic heterocycles. The first kappa shape index (κ1) is 33.1. The van der Waals surface area contributed by atoms with E-state index in [1.54, 1.807) is 0 Å². The second-order valence-electron chi connectivity index (χ2n) is 15.0. The number of nitrogens with zero attached hydrogens (tertiary/aromatic N) is 4. The van der Waals surface area contributed by atoms with E-state index in [-0.39, 0.29) is 12.0 Å². The first-order valence-electron chi connectivity index (χ1n) is 19.7. The molecule has 11 rings (SSSR count). The van der Waals surface area contributed by atoms with Crippen molar-refractivity contribution in [1.29, 1.82) is 0 Å². The van der Waals surface area contributed by atoms with Gasteiger partial charge in [-0.1, -0.05) is 146 Å². The van der Waals surface area contributed by atoms with Gasteiger partial charge in [-0.15, -0.1) is 0 Å². The standard InChI is InChI=1S/C53H38N4/c1-35-41(48-34-39(36-16-5-2-6-17-36)33-47(55-48)37-18-7-3-8-19-37)23-14-28-49(35)57-50-27-12-11-22-43(50)44-25-13-24-42(52(44)57)38-29-30-51-46(32-38)45-26-15-31-54-53(45)56(51)40-20-9-4-10-21-40/h2-35,49H,1H3. The summed E-state index contributed by atoms with van der Waals surface area (Å²) in [6.07, 6.45) is 8.77. The molecular weight excluding hydrogens is 693 g/mol. The lowest BCUT2D eigenvalue weighted by molar-refractivity contribution is 0.522. The van der Waals surface area contributed by atoms with E-state index in [9.17, 15) is 0 Å². The second-order valence-corrected chi connectivity index (χ2v) is 15.0. The molecule has 0 saturated heterocycles. The zero-order chi connectivity index (χ0) is 37.9. The molecule has 1 aliphatic carbocycles. The SMILES string of the molecule is CC1C(c2cc(-c3ccccc3)cc(-c3ccccc3)n2)=CC=CC1n1c2ccccc2c2cccc(-c3ccc4c(c3)c3cccnc3n4-c3ccccc3)c21. The minimum Gasteiger partial charge on any atom is -0.332 e. The van der Waals surface area contributed by atoms with Crippen LogP contribution >= 0.6 is 0 Å². The van der Waals surface area contributed by atoms with E-state index >= 15 is 0 Å². The Labute approximate surface area is 331 Å². The fourth-order valence-corrected chi connectivity index (χ4v) is 9.08. The summed E-state index contributed by atoms with van der Waals surface area (Å²) in [5, 5.41) is 4.84. The summed E-state index contributed by atoms with van der Waals surface area (Å²) in [7, 11) is 0. The number of hydrogen-bond acceptors (Lipinski definition) is 2.